The van der Waals surface area contributed by atoms with Crippen LogP contribution in [-0.2, 0) is 11.2 Å². The molecule has 0 N–H and O–H groups in total. The maximum atomic E-state index is 12.8. The Morgan fingerprint density at radius 3 is 2.60 bits per heavy atom. The second-order valence-electron chi connectivity index (χ2n) is 7.96. The van der Waals surface area contributed by atoms with Crippen LogP contribution in [0.5, 0.6) is 0 Å². The number of carbonyl (C=O) groups excluding carboxylic acids is 1. The number of aromatic nitrogens is 2. The molecule has 0 bridgehead atoms. The third kappa shape index (κ3) is 4.16. The predicted molar refractivity (Wildman–Crippen MR) is 123 cm³/mol. The Bertz CT molecular complexity index is 1040. The smallest absolute Gasteiger partial charge is 0.348 e. The van der Waals surface area contributed by atoms with Crippen molar-refractivity contribution in [2.45, 2.75) is 58.5 Å². The number of carbonyl (C=O) groups is 1. The van der Waals surface area contributed by atoms with E-state index >= 15 is 0 Å². The molecule has 3 heterocycles. The first-order valence-electron chi connectivity index (χ1n) is 10.4. The van der Waals surface area contributed by atoms with Gasteiger partial charge in [-0.05, 0) is 62.8 Å². The minimum atomic E-state index is -0.312. The van der Waals surface area contributed by atoms with E-state index in [1.165, 1.54) is 17.8 Å². The molecule has 1 fully saturated rings. The second kappa shape index (κ2) is 8.90. The maximum Gasteiger partial charge on any atom is 0.348 e. The fraction of sp³-hybridized carbons (Fsp3) is 0.435. The van der Waals surface area contributed by atoms with Crippen molar-refractivity contribution in [3.63, 3.8) is 0 Å². The van der Waals surface area contributed by atoms with Gasteiger partial charge >= 0.3 is 5.97 Å². The lowest BCUT2D eigenvalue weighted by atomic mass is 9.97. The van der Waals surface area contributed by atoms with E-state index in [0.717, 1.165) is 40.0 Å². The molecule has 158 valence electrons. The van der Waals surface area contributed by atoms with Gasteiger partial charge in [0.2, 0.25) is 5.28 Å². The number of anilines is 1. The van der Waals surface area contributed by atoms with E-state index in [1.54, 1.807) is 0 Å². The van der Waals surface area contributed by atoms with Gasteiger partial charge in [0, 0.05) is 18.5 Å². The first-order valence-corrected chi connectivity index (χ1v) is 11.6. The van der Waals surface area contributed by atoms with Crippen molar-refractivity contribution in [3.05, 3.63) is 51.6 Å². The number of benzene rings is 1. The molecule has 1 aliphatic heterocycles. The zero-order chi connectivity index (χ0) is 21.3. The van der Waals surface area contributed by atoms with Crippen molar-refractivity contribution in [2.75, 3.05) is 11.5 Å². The number of thiophene rings is 1. The lowest BCUT2D eigenvalue weighted by Crippen LogP contribution is -2.44. The van der Waals surface area contributed by atoms with Gasteiger partial charge in [-0.25, -0.2) is 9.78 Å². The average molecular weight is 444 g/mol. The zero-order valence-corrected chi connectivity index (χ0v) is 19.1. The summed E-state index contributed by atoms with van der Waals surface area (Å²) in [7, 11) is 0. The largest absolute Gasteiger partial charge is 0.461 e. The summed E-state index contributed by atoms with van der Waals surface area (Å²) in [5, 5.41) is 1.13. The number of fused-ring (bicyclic) bond motifs is 1. The van der Waals surface area contributed by atoms with E-state index in [9.17, 15) is 4.79 Å². The van der Waals surface area contributed by atoms with Crippen LogP contribution in [0.15, 0.2) is 30.3 Å². The molecule has 2 aromatic heterocycles. The molecule has 1 aliphatic rings. The van der Waals surface area contributed by atoms with Crippen molar-refractivity contribution in [1.29, 1.82) is 0 Å². The number of nitrogens with zero attached hydrogens (tertiary/aromatic N) is 3. The fourth-order valence-corrected chi connectivity index (χ4v) is 5.57. The fourth-order valence-electron chi connectivity index (χ4n) is 4.28. The Hall–Kier alpha value is -2.18. The van der Waals surface area contributed by atoms with Crippen LogP contribution in [0.3, 0.4) is 0 Å². The van der Waals surface area contributed by atoms with Crippen molar-refractivity contribution in [3.8, 4) is 0 Å². The highest BCUT2D eigenvalue weighted by molar-refractivity contribution is 7.20. The van der Waals surface area contributed by atoms with Gasteiger partial charge in [-0.3, -0.25) is 0 Å². The highest BCUT2D eigenvalue weighted by atomic mass is 35.5. The van der Waals surface area contributed by atoms with Crippen molar-refractivity contribution < 1.29 is 9.53 Å². The summed E-state index contributed by atoms with van der Waals surface area (Å²) >= 11 is 7.61. The second-order valence-corrected chi connectivity index (χ2v) is 9.30. The van der Waals surface area contributed by atoms with Crippen molar-refractivity contribution >= 4 is 44.9 Å². The monoisotopic (exact) mass is 443 g/mol. The minimum absolute atomic E-state index is 0.215. The van der Waals surface area contributed by atoms with Crippen LogP contribution in [0.4, 0.5) is 5.82 Å². The summed E-state index contributed by atoms with van der Waals surface area (Å²) in [6.45, 7) is 6.73. The summed E-state index contributed by atoms with van der Waals surface area (Å²) in [6.07, 6.45) is 4.13. The topological polar surface area (TPSA) is 55.3 Å². The molecule has 30 heavy (non-hydrogen) atoms. The van der Waals surface area contributed by atoms with Crippen LogP contribution in [0, 0.1) is 6.92 Å². The van der Waals surface area contributed by atoms with Crippen LogP contribution in [0.2, 0.25) is 5.28 Å². The van der Waals surface area contributed by atoms with Crippen LogP contribution in [-0.4, -0.2) is 34.6 Å². The number of aryl methyl sites for hydroxylation is 1. The van der Waals surface area contributed by atoms with Gasteiger partial charge in [-0.1, -0.05) is 30.3 Å². The molecule has 0 radical (unpaired) electrons. The molecular formula is C23H26ClN3O2S. The number of hydrogen-bond donors (Lipinski definition) is 0. The highest BCUT2D eigenvalue weighted by Gasteiger charge is 2.30. The number of ether oxygens (including phenoxy) is 1. The number of esters is 1. The molecule has 0 spiro atoms. The van der Waals surface area contributed by atoms with Crippen molar-refractivity contribution in [1.82, 2.24) is 9.97 Å². The Morgan fingerprint density at radius 2 is 1.90 bits per heavy atom. The van der Waals surface area contributed by atoms with Gasteiger partial charge in [0.1, 0.15) is 15.5 Å². The van der Waals surface area contributed by atoms with Gasteiger partial charge in [0.05, 0.1) is 12.0 Å². The molecule has 4 rings (SSSR count). The first-order chi connectivity index (χ1) is 14.5. The third-order valence-corrected chi connectivity index (χ3v) is 7.17. The average Bonchev–Trinajstić information content (AvgIpc) is 3.05. The Balaban J connectivity index is 1.62. The van der Waals surface area contributed by atoms with E-state index in [4.69, 9.17) is 16.3 Å². The van der Waals surface area contributed by atoms with Gasteiger partial charge in [-0.2, -0.15) is 4.98 Å². The van der Waals surface area contributed by atoms with Gasteiger partial charge in [0.25, 0.3) is 0 Å². The summed E-state index contributed by atoms with van der Waals surface area (Å²) < 4.78 is 5.58. The number of halogens is 1. The lowest BCUT2D eigenvalue weighted by molar-refractivity contribution is 0.0514. The molecule has 2 unspecified atom stereocenters. The first kappa shape index (κ1) is 21.1. The van der Waals surface area contributed by atoms with E-state index in [1.807, 2.05) is 37.3 Å². The summed E-state index contributed by atoms with van der Waals surface area (Å²) in [6, 6.07) is 10.7. The van der Waals surface area contributed by atoms with Crippen molar-refractivity contribution in [2.24, 2.45) is 0 Å². The Kier molecular flexibility index (Phi) is 6.25. The van der Waals surface area contributed by atoms with Crippen LogP contribution < -0.4 is 4.90 Å². The van der Waals surface area contributed by atoms with E-state index in [2.05, 4.69) is 28.7 Å². The summed E-state index contributed by atoms with van der Waals surface area (Å²) in [4.78, 5) is 25.5. The molecule has 3 aromatic rings. The standard InChI is InChI=1S/C23H26ClN3O2S/c1-14-8-7-9-15(2)27(14)20-18-16(3)19(30-21(18)26-23(24)25-20)22(28)29-13-12-17-10-5-4-6-11-17/h4-6,10-11,14-15H,7-9,12-13H2,1-3H3. The lowest BCUT2D eigenvalue weighted by Gasteiger charge is -2.40. The Labute approximate surface area is 186 Å². The number of piperidine rings is 1. The Morgan fingerprint density at radius 1 is 1.20 bits per heavy atom. The SMILES string of the molecule is Cc1c(C(=O)OCCc2ccccc2)sc2nc(Cl)nc(N3C(C)CCCC3C)c12. The minimum Gasteiger partial charge on any atom is -0.461 e. The normalized spacial score (nSPS) is 19.3. The number of hydrogen-bond acceptors (Lipinski definition) is 6. The highest BCUT2D eigenvalue weighted by Crippen LogP contribution is 2.39. The van der Waals surface area contributed by atoms with Gasteiger partial charge in [0.15, 0.2) is 0 Å². The molecule has 1 saturated heterocycles. The maximum absolute atomic E-state index is 12.8. The van der Waals surface area contributed by atoms with Gasteiger partial charge < -0.3 is 9.64 Å². The molecule has 7 heteroatoms. The third-order valence-electron chi connectivity index (χ3n) is 5.83. The predicted octanol–water partition coefficient (Wildman–Crippen LogP) is 5.82. The molecule has 0 amide bonds. The van der Waals surface area contributed by atoms with E-state index < -0.39 is 0 Å². The molecule has 0 saturated carbocycles. The summed E-state index contributed by atoms with van der Waals surface area (Å²) in [5.74, 6) is 0.523. The molecule has 2 atom stereocenters. The van der Waals surface area contributed by atoms with E-state index in [-0.39, 0.29) is 11.3 Å². The van der Waals surface area contributed by atoms with Gasteiger partial charge in [-0.15, -0.1) is 11.3 Å². The summed E-state index contributed by atoms with van der Waals surface area (Å²) in [5.41, 5.74) is 2.02. The van der Waals surface area contributed by atoms with E-state index in [0.29, 0.717) is 30.0 Å². The van der Waals surface area contributed by atoms with Crippen LogP contribution in [0.1, 0.15) is 53.9 Å². The molecule has 0 aliphatic carbocycles. The van der Waals surface area contributed by atoms with Crippen LogP contribution in [0.25, 0.3) is 10.2 Å². The quantitative estimate of drug-likeness (QED) is 0.367. The number of rotatable bonds is 5. The molecular weight excluding hydrogens is 418 g/mol. The molecule has 1 aromatic carbocycles. The molecule has 5 nitrogen and oxygen atoms in total. The van der Waals surface area contributed by atoms with Crippen LogP contribution >= 0.6 is 22.9 Å². The zero-order valence-electron chi connectivity index (χ0n) is 17.5.